The number of ether oxygens (including phenoxy) is 2. The number of hydrogen-bond acceptors (Lipinski definition) is 7. The molecule has 0 unspecified atom stereocenters. The summed E-state index contributed by atoms with van der Waals surface area (Å²) >= 11 is 0. The number of carboxylic acid groups (broad SMARTS) is 1. The number of nitrogens with zero attached hydrogens (tertiary/aromatic N) is 1. The predicted octanol–water partition coefficient (Wildman–Crippen LogP) is 3.06. The second kappa shape index (κ2) is 14.7. The first-order valence-corrected chi connectivity index (χ1v) is 12.5. The van der Waals surface area contributed by atoms with Crippen molar-refractivity contribution in [2.24, 2.45) is 5.73 Å². The average Bonchev–Trinajstić information content (AvgIpc) is 2.86. The van der Waals surface area contributed by atoms with Gasteiger partial charge in [-0.05, 0) is 73.7 Å². The lowest BCUT2D eigenvalue weighted by molar-refractivity contribution is -0.192. The molecule has 0 spiro atoms. The molecule has 0 radical (unpaired) electrons. The van der Waals surface area contributed by atoms with Crippen LogP contribution in [0.1, 0.15) is 34.7 Å². The number of phenolic OH excluding ortho intramolecular Hbond substituents is 1. The van der Waals surface area contributed by atoms with Crippen molar-refractivity contribution in [3.63, 3.8) is 0 Å². The fourth-order valence-corrected chi connectivity index (χ4v) is 4.10. The molecule has 39 heavy (non-hydrogen) atoms. The fraction of sp³-hybridized carbons (Fsp3) is 0.481. The maximum Gasteiger partial charge on any atom is 0.490 e. The van der Waals surface area contributed by atoms with Gasteiger partial charge in [0.15, 0.2) is 0 Å². The molecule has 216 valence electrons. The van der Waals surface area contributed by atoms with Crippen molar-refractivity contribution in [3.05, 3.63) is 58.1 Å². The Kier molecular flexibility index (Phi) is 12.0. The van der Waals surface area contributed by atoms with Crippen molar-refractivity contribution in [2.45, 2.75) is 52.5 Å². The van der Waals surface area contributed by atoms with Crippen LogP contribution in [-0.4, -0.2) is 72.1 Å². The first-order chi connectivity index (χ1) is 18.3. The summed E-state index contributed by atoms with van der Waals surface area (Å²) in [6, 6.07) is 8.87. The van der Waals surface area contributed by atoms with E-state index >= 15 is 0 Å². The molecule has 1 fully saturated rings. The number of halogens is 3. The quantitative estimate of drug-likeness (QED) is 0.371. The number of aryl methyl sites for hydroxylation is 2. The highest BCUT2D eigenvalue weighted by atomic mass is 19.4. The maximum atomic E-state index is 12.7. The minimum Gasteiger partial charge on any atom is -0.508 e. The van der Waals surface area contributed by atoms with Gasteiger partial charge in [0.25, 0.3) is 0 Å². The molecule has 0 bridgehead atoms. The van der Waals surface area contributed by atoms with Crippen molar-refractivity contribution in [1.82, 2.24) is 10.2 Å². The van der Waals surface area contributed by atoms with E-state index in [1.807, 2.05) is 26.8 Å². The molecule has 0 aromatic heterocycles. The number of aliphatic carboxylic acids is 1. The van der Waals surface area contributed by atoms with E-state index in [1.165, 1.54) is 5.56 Å². The molecule has 0 aliphatic carbocycles. The number of carbonyl (C=O) groups is 2. The topological polar surface area (TPSA) is 134 Å². The minimum atomic E-state index is -5.08. The predicted molar refractivity (Wildman–Crippen MR) is 139 cm³/mol. The number of alkyl halides is 3. The van der Waals surface area contributed by atoms with Crippen molar-refractivity contribution in [2.75, 3.05) is 32.9 Å². The van der Waals surface area contributed by atoms with Crippen LogP contribution >= 0.6 is 0 Å². The van der Waals surface area contributed by atoms with Crippen LogP contribution in [0.4, 0.5) is 13.2 Å². The van der Waals surface area contributed by atoms with Gasteiger partial charge in [0.05, 0.1) is 25.9 Å². The summed E-state index contributed by atoms with van der Waals surface area (Å²) < 4.78 is 42.9. The number of nitrogens with two attached hydrogens (primary N) is 1. The molecule has 1 saturated heterocycles. The first-order valence-electron chi connectivity index (χ1n) is 12.5. The summed E-state index contributed by atoms with van der Waals surface area (Å²) in [5.41, 5.74) is 11.2. The lowest BCUT2D eigenvalue weighted by Gasteiger charge is -2.27. The molecular formula is C27H36F3N3O6. The molecule has 1 atom stereocenters. The van der Waals surface area contributed by atoms with Gasteiger partial charge in [-0.15, -0.1) is 0 Å². The first kappa shape index (κ1) is 31.9. The van der Waals surface area contributed by atoms with Crippen molar-refractivity contribution in [1.29, 1.82) is 0 Å². The van der Waals surface area contributed by atoms with Gasteiger partial charge in [-0.1, -0.05) is 6.07 Å². The maximum absolute atomic E-state index is 12.7. The lowest BCUT2D eigenvalue weighted by Crippen LogP contribution is -2.42. The van der Waals surface area contributed by atoms with E-state index in [-0.39, 0.29) is 11.7 Å². The highest BCUT2D eigenvalue weighted by molar-refractivity contribution is 5.82. The monoisotopic (exact) mass is 555 g/mol. The molecule has 9 nitrogen and oxygen atoms in total. The number of rotatable bonds is 9. The lowest BCUT2D eigenvalue weighted by atomic mass is 9.96. The summed E-state index contributed by atoms with van der Waals surface area (Å²) in [6.45, 7) is 10.9. The van der Waals surface area contributed by atoms with E-state index in [0.717, 1.165) is 60.9 Å². The molecule has 1 aliphatic rings. The number of benzene rings is 2. The number of phenols is 1. The Morgan fingerprint density at radius 2 is 1.74 bits per heavy atom. The molecule has 5 N–H and O–H groups in total. The second-order valence-corrected chi connectivity index (χ2v) is 9.15. The molecule has 1 aliphatic heterocycles. The van der Waals surface area contributed by atoms with Gasteiger partial charge in [0, 0.05) is 31.7 Å². The third kappa shape index (κ3) is 10.4. The van der Waals surface area contributed by atoms with E-state index < -0.39 is 18.2 Å². The Balaban J connectivity index is 0.000000673. The Hall–Kier alpha value is -3.35. The van der Waals surface area contributed by atoms with Crippen LogP contribution in [0.15, 0.2) is 30.3 Å². The highest BCUT2D eigenvalue weighted by Gasteiger charge is 2.38. The van der Waals surface area contributed by atoms with Gasteiger partial charge in [-0.2, -0.15) is 13.2 Å². The number of morpholine rings is 1. The Morgan fingerprint density at radius 1 is 1.15 bits per heavy atom. The molecule has 2 aromatic rings. The van der Waals surface area contributed by atoms with Gasteiger partial charge in [0.2, 0.25) is 5.91 Å². The number of nitrogens with one attached hydrogen (secondary N) is 1. The molecule has 1 amide bonds. The smallest absolute Gasteiger partial charge is 0.490 e. The summed E-state index contributed by atoms with van der Waals surface area (Å²) in [7, 11) is 0. The third-order valence-electron chi connectivity index (χ3n) is 6.07. The zero-order valence-corrected chi connectivity index (χ0v) is 22.3. The van der Waals surface area contributed by atoms with Crippen LogP contribution in [0, 0.1) is 13.8 Å². The summed E-state index contributed by atoms with van der Waals surface area (Å²) in [5.74, 6) is -1.97. The molecule has 3 rings (SSSR count). The summed E-state index contributed by atoms with van der Waals surface area (Å²) in [4.78, 5) is 24.0. The second-order valence-electron chi connectivity index (χ2n) is 9.15. The van der Waals surface area contributed by atoms with Crippen LogP contribution in [-0.2, 0) is 33.8 Å². The normalized spacial score (nSPS) is 14.6. The van der Waals surface area contributed by atoms with E-state index in [2.05, 4.69) is 22.3 Å². The third-order valence-corrected chi connectivity index (χ3v) is 6.07. The number of carbonyl (C=O) groups excluding carboxylic acids is 1. The Bertz CT molecular complexity index is 1100. The number of amides is 1. The van der Waals surface area contributed by atoms with Gasteiger partial charge in [0.1, 0.15) is 11.5 Å². The van der Waals surface area contributed by atoms with E-state index in [9.17, 15) is 23.1 Å². The van der Waals surface area contributed by atoms with Crippen LogP contribution < -0.4 is 15.8 Å². The molecule has 2 aromatic carbocycles. The standard InChI is InChI=1S/C25H35N3O4.C2HF3O2/c1-4-32-24-6-5-19(16-28-7-9-31-10-8-28)13-20(24)15-27-25(30)23(26)14-22-17(2)11-21(29)12-18(22)3;3-2(4,5)1(6)7/h5-6,11-13,23,29H,4,7-10,14-16,26H2,1-3H3,(H,27,30);(H,6,7)/t23-;/m0./s1. The summed E-state index contributed by atoms with van der Waals surface area (Å²) in [5, 5.41) is 19.8. The number of carboxylic acids is 1. The van der Waals surface area contributed by atoms with Crippen LogP contribution in [0.2, 0.25) is 0 Å². The van der Waals surface area contributed by atoms with E-state index in [0.29, 0.717) is 19.6 Å². The molecule has 0 saturated carbocycles. The molecular weight excluding hydrogens is 519 g/mol. The van der Waals surface area contributed by atoms with Gasteiger partial charge < -0.3 is 30.7 Å². The van der Waals surface area contributed by atoms with E-state index in [1.54, 1.807) is 12.1 Å². The number of aromatic hydroxyl groups is 1. The SMILES string of the molecule is CCOc1ccc(CN2CCOCC2)cc1CNC(=O)[C@@H](N)Cc1c(C)cc(O)cc1C.O=C(O)C(F)(F)F. The van der Waals surface area contributed by atoms with Gasteiger partial charge >= 0.3 is 12.1 Å². The van der Waals surface area contributed by atoms with Gasteiger partial charge in [-0.3, -0.25) is 9.69 Å². The van der Waals surface area contributed by atoms with Crippen molar-refractivity contribution in [3.8, 4) is 11.5 Å². The summed E-state index contributed by atoms with van der Waals surface area (Å²) in [6.07, 6.45) is -4.67. The van der Waals surface area contributed by atoms with Crippen molar-refractivity contribution >= 4 is 11.9 Å². The zero-order chi connectivity index (χ0) is 29.2. The average molecular weight is 556 g/mol. The van der Waals surface area contributed by atoms with E-state index in [4.69, 9.17) is 25.1 Å². The van der Waals surface area contributed by atoms with Crippen LogP contribution in [0.25, 0.3) is 0 Å². The van der Waals surface area contributed by atoms with Crippen molar-refractivity contribution < 1.29 is 42.4 Å². The van der Waals surface area contributed by atoms with Crippen LogP contribution in [0.5, 0.6) is 11.5 Å². The molecule has 1 heterocycles. The molecule has 12 heteroatoms. The Morgan fingerprint density at radius 3 is 2.28 bits per heavy atom. The largest absolute Gasteiger partial charge is 0.508 e. The highest BCUT2D eigenvalue weighted by Crippen LogP contribution is 2.23. The minimum absolute atomic E-state index is 0.210. The number of hydrogen-bond donors (Lipinski definition) is 4. The Labute approximate surface area is 225 Å². The van der Waals surface area contributed by atoms with Crippen LogP contribution in [0.3, 0.4) is 0 Å². The fourth-order valence-electron chi connectivity index (χ4n) is 4.10. The van der Waals surface area contributed by atoms with Gasteiger partial charge in [-0.25, -0.2) is 4.79 Å². The zero-order valence-electron chi connectivity index (χ0n) is 22.3.